The third-order valence-corrected chi connectivity index (χ3v) is 4.09. The average molecular weight is 319 g/mol. The monoisotopic (exact) mass is 319 g/mol. The molecular weight excluding hydrogens is 298 g/mol. The molecular formula is C17H21NO5. The third-order valence-electron chi connectivity index (χ3n) is 4.09. The molecule has 1 N–H and O–H groups in total. The smallest absolute Gasteiger partial charge is 0.331 e. The molecule has 0 aliphatic rings. The Morgan fingerprint density at radius 3 is 2.57 bits per heavy atom. The fraction of sp³-hybridized carbons (Fsp3) is 0.412. The van der Waals surface area contributed by atoms with Gasteiger partial charge in [-0.1, -0.05) is 19.1 Å². The van der Waals surface area contributed by atoms with Gasteiger partial charge >= 0.3 is 5.97 Å². The number of rotatable bonds is 5. The van der Waals surface area contributed by atoms with Gasteiger partial charge < -0.3 is 19.2 Å². The Kier molecular flexibility index (Phi) is 4.63. The number of furan rings is 1. The van der Waals surface area contributed by atoms with Gasteiger partial charge in [0.1, 0.15) is 5.54 Å². The standard InChI is InChI=1S/C17H21NO5/c1-6-17(3,16(20)22-5)18-15(19)13-10(2)11-8-7-9-12(21-4)14(11)23-13/h7-9H,6H2,1-5H3,(H,18,19). The van der Waals surface area contributed by atoms with Crippen molar-refractivity contribution in [3.05, 3.63) is 29.5 Å². The first kappa shape index (κ1) is 16.9. The number of benzene rings is 1. The summed E-state index contributed by atoms with van der Waals surface area (Å²) >= 11 is 0. The maximum absolute atomic E-state index is 12.6. The molecule has 23 heavy (non-hydrogen) atoms. The molecule has 0 saturated heterocycles. The van der Waals surface area contributed by atoms with E-state index in [0.29, 0.717) is 23.3 Å². The predicted octanol–water partition coefficient (Wildman–Crippen LogP) is 2.82. The second kappa shape index (κ2) is 6.32. The van der Waals surface area contributed by atoms with Crippen LogP contribution in [0, 0.1) is 6.92 Å². The van der Waals surface area contributed by atoms with Crippen LogP contribution in [0.3, 0.4) is 0 Å². The van der Waals surface area contributed by atoms with Gasteiger partial charge in [0.15, 0.2) is 17.1 Å². The van der Waals surface area contributed by atoms with Crippen LogP contribution in [0.25, 0.3) is 11.0 Å². The predicted molar refractivity (Wildman–Crippen MR) is 85.7 cm³/mol. The van der Waals surface area contributed by atoms with Crippen molar-refractivity contribution in [2.24, 2.45) is 0 Å². The number of esters is 1. The highest BCUT2D eigenvalue weighted by molar-refractivity contribution is 6.02. The molecule has 0 fully saturated rings. The van der Waals surface area contributed by atoms with Crippen LogP contribution >= 0.6 is 0 Å². The van der Waals surface area contributed by atoms with E-state index >= 15 is 0 Å². The Bertz CT molecular complexity index is 749. The molecule has 1 unspecified atom stereocenters. The van der Waals surface area contributed by atoms with E-state index in [2.05, 4.69) is 5.32 Å². The Balaban J connectivity index is 2.42. The zero-order chi connectivity index (χ0) is 17.2. The lowest BCUT2D eigenvalue weighted by atomic mass is 9.98. The first-order valence-corrected chi connectivity index (χ1v) is 7.35. The highest BCUT2D eigenvalue weighted by Gasteiger charge is 2.35. The number of carbonyl (C=O) groups excluding carboxylic acids is 2. The van der Waals surface area contributed by atoms with Crippen LogP contribution in [0.15, 0.2) is 22.6 Å². The summed E-state index contributed by atoms with van der Waals surface area (Å²) in [6.07, 6.45) is 0.397. The summed E-state index contributed by atoms with van der Waals surface area (Å²) < 4.78 is 15.7. The van der Waals surface area contributed by atoms with Crippen molar-refractivity contribution in [1.82, 2.24) is 5.32 Å². The van der Waals surface area contributed by atoms with E-state index in [-0.39, 0.29) is 5.76 Å². The van der Waals surface area contributed by atoms with Gasteiger partial charge in [-0.05, 0) is 26.3 Å². The number of aryl methyl sites for hydroxylation is 1. The summed E-state index contributed by atoms with van der Waals surface area (Å²) in [4.78, 5) is 24.5. The average Bonchev–Trinajstić information content (AvgIpc) is 2.91. The Labute approximate surface area is 134 Å². The van der Waals surface area contributed by atoms with Crippen LogP contribution in [0.2, 0.25) is 0 Å². The molecule has 2 rings (SSSR count). The Hall–Kier alpha value is -2.50. The third kappa shape index (κ3) is 2.88. The second-order valence-corrected chi connectivity index (χ2v) is 5.52. The molecule has 0 spiro atoms. The topological polar surface area (TPSA) is 77.8 Å². The minimum atomic E-state index is -1.11. The van der Waals surface area contributed by atoms with E-state index in [1.54, 1.807) is 26.8 Å². The molecule has 1 aromatic heterocycles. The zero-order valence-corrected chi connectivity index (χ0v) is 14.0. The van der Waals surface area contributed by atoms with E-state index in [9.17, 15) is 9.59 Å². The lowest BCUT2D eigenvalue weighted by Crippen LogP contribution is -2.52. The SMILES string of the molecule is CCC(C)(NC(=O)c1oc2c(OC)cccc2c1C)C(=O)OC. The van der Waals surface area contributed by atoms with Gasteiger partial charge in [0, 0.05) is 10.9 Å². The fourth-order valence-electron chi connectivity index (χ4n) is 2.41. The molecule has 1 aromatic carbocycles. The van der Waals surface area contributed by atoms with Crippen LogP contribution in [0.4, 0.5) is 0 Å². The van der Waals surface area contributed by atoms with Crippen molar-refractivity contribution in [1.29, 1.82) is 0 Å². The van der Waals surface area contributed by atoms with Crippen molar-refractivity contribution in [2.75, 3.05) is 14.2 Å². The zero-order valence-electron chi connectivity index (χ0n) is 14.0. The molecule has 1 amide bonds. The van der Waals surface area contributed by atoms with Crippen LogP contribution < -0.4 is 10.1 Å². The lowest BCUT2D eigenvalue weighted by Gasteiger charge is -2.25. The van der Waals surface area contributed by atoms with Crippen LogP contribution in [0.5, 0.6) is 5.75 Å². The molecule has 0 aliphatic carbocycles. The first-order chi connectivity index (χ1) is 10.9. The van der Waals surface area contributed by atoms with E-state index in [1.807, 2.05) is 12.1 Å². The summed E-state index contributed by atoms with van der Waals surface area (Å²) in [5, 5.41) is 3.50. The number of hydrogen-bond donors (Lipinski definition) is 1. The molecule has 0 radical (unpaired) electrons. The number of ether oxygens (including phenoxy) is 2. The summed E-state index contributed by atoms with van der Waals surface area (Å²) in [6, 6.07) is 5.44. The summed E-state index contributed by atoms with van der Waals surface area (Å²) in [7, 11) is 2.83. The normalized spacial score (nSPS) is 13.4. The number of nitrogens with one attached hydrogen (secondary N) is 1. The number of amides is 1. The molecule has 1 heterocycles. The van der Waals surface area contributed by atoms with E-state index < -0.39 is 17.4 Å². The number of para-hydroxylation sites is 1. The molecule has 0 bridgehead atoms. The van der Waals surface area contributed by atoms with Gasteiger partial charge in [-0.2, -0.15) is 0 Å². The largest absolute Gasteiger partial charge is 0.493 e. The van der Waals surface area contributed by atoms with E-state index in [1.165, 1.54) is 14.2 Å². The molecule has 6 nitrogen and oxygen atoms in total. The molecule has 1 atom stereocenters. The second-order valence-electron chi connectivity index (χ2n) is 5.52. The van der Waals surface area contributed by atoms with Gasteiger partial charge in [0.2, 0.25) is 0 Å². The highest BCUT2D eigenvalue weighted by atomic mass is 16.5. The van der Waals surface area contributed by atoms with Crippen molar-refractivity contribution in [2.45, 2.75) is 32.7 Å². The minimum Gasteiger partial charge on any atom is -0.493 e. The molecule has 2 aromatic rings. The fourth-order valence-corrected chi connectivity index (χ4v) is 2.41. The number of hydrogen-bond acceptors (Lipinski definition) is 5. The van der Waals surface area contributed by atoms with Crippen LogP contribution in [-0.4, -0.2) is 31.6 Å². The lowest BCUT2D eigenvalue weighted by molar-refractivity contribution is -0.147. The first-order valence-electron chi connectivity index (χ1n) is 7.35. The minimum absolute atomic E-state index is 0.160. The van der Waals surface area contributed by atoms with Crippen LogP contribution in [-0.2, 0) is 9.53 Å². The molecule has 6 heteroatoms. The van der Waals surface area contributed by atoms with Gasteiger partial charge in [-0.3, -0.25) is 4.79 Å². The number of methoxy groups -OCH3 is 2. The van der Waals surface area contributed by atoms with Gasteiger partial charge in [-0.25, -0.2) is 4.79 Å². The van der Waals surface area contributed by atoms with Crippen molar-refractivity contribution in [3.63, 3.8) is 0 Å². The maximum Gasteiger partial charge on any atom is 0.331 e. The molecule has 124 valence electrons. The van der Waals surface area contributed by atoms with Crippen molar-refractivity contribution >= 4 is 22.8 Å². The van der Waals surface area contributed by atoms with Crippen LogP contribution in [0.1, 0.15) is 36.4 Å². The van der Waals surface area contributed by atoms with Gasteiger partial charge in [0.05, 0.1) is 14.2 Å². The van der Waals surface area contributed by atoms with Crippen molar-refractivity contribution in [3.8, 4) is 5.75 Å². The maximum atomic E-state index is 12.6. The Morgan fingerprint density at radius 2 is 2.00 bits per heavy atom. The van der Waals surface area contributed by atoms with E-state index in [4.69, 9.17) is 13.9 Å². The summed E-state index contributed by atoms with van der Waals surface area (Å²) in [6.45, 7) is 5.21. The highest BCUT2D eigenvalue weighted by Crippen LogP contribution is 2.32. The van der Waals surface area contributed by atoms with Gasteiger partial charge in [0.25, 0.3) is 5.91 Å². The molecule has 0 saturated carbocycles. The summed E-state index contributed by atoms with van der Waals surface area (Å²) in [5.41, 5.74) is 0.0927. The van der Waals surface area contributed by atoms with E-state index in [0.717, 1.165) is 5.39 Å². The summed E-state index contributed by atoms with van der Waals surface area (Å²) in [5.74, 6) is -0.251. The van der Waals surface area contributed by atoms with Gasteiger partial charge in [-0.15, -0.1) is 0 Å². The molecule has 0 aliphatic heterocycles. The Morgan fingerprint density at radius 1 is 1.30 bits per heavy atom. The number of carbonyl (C=O) groups is 2. The quantitative estimate of drug-likeness (QED) is 0.857. The van der Waals surface area contributed by atoms with Crippen molar-refractivity contribution < 1.29 is 23.5 Å². The number of fused-ring (bicyclic) bond motifs is 1.